The third kappa shape index (κ3) is 3.91. The van der Waals surface area contributed by atoms with Crippen LogP contribution in [0.2, 0.25) is 0 Å². The lowest BCUT2D eigenvalue weighted by Crippen LogP contribution is -2.45. The molecule has 0 aromatic carbocycles. The summed E-state index contributed by atoms with van der Waals surface area (Å²) in [6.07, 6.45) is 3.41. The molecule has 2 N–H and O–H groups in total. The molecule has 5 heterocycles. The van der Waals surface area contributed by atoms with E-state index in [0.717, 1.165) is 19.2 Å². The third-order valence-electron chi connectivity index (χ3n) is 6.16. The van der Waals surface area contributed by atoms with Crippen LogP contribution in [-0.4, -0.2) is 92.7 Å². The fourth-order valence-corrected chi connectivity index (χ4v) is 4.29. The van der Waals surface area contributed by atoms with Gasteiger partial charge in [-0.15, -0.1) is 5.10 Å². The fraction of sp³-hybridized carbons (Fsp3) is 0.476. The highest BCUT2D eigenvalue weighted by atomic mass is 19.1. The van der Waals surface area contributed by atoms with Gasteiger partial charge in [-0.1, -0.05) is 6.58 Å². The summed E-state index contributed by atoms with van der Waals surface area (Å²) < 4.78 is 23.8. The number of alkyl halides is 1. The molecule has 0 aliphatic carbocycles. The first kappa shape index (κ1) is 22.1. The molecule has 2 fully saturated rings. The fourth-order valence-electron chi connectivity index (χ4n) is 4.29. The molecule has 0 bridgehead atoms. The molecule has 2 aliphatic rings. The number of aryl methyl sites for hydroxylation is 1. The molecule has 34 heavy (non-hydrogen) atoms. The lowest BCUT2D eigenvalue weighted by molar-refractivity contribution is -0.117. The quantitative estimate of drug-likeness (QED) is 0.479. The van der Waals surface area contributed by atoms with Gasteiger partial charge in [-0.3, -0.25) is 9.48 Å². The zero-order chi connectivity index (χ0) is 24.0. The maximum Gasteiger partial charge on any atom is 0.256 e. The van der Waals surface area contributed by atoms with E-state index in [1.54, 1.807) is 22.9 Å². The number of carbonyl (C=O) groups excluding carboxylic acids is 1. The average molecular weight is 471 g/mol. The van der Waals surface area contributed by atoms with Gasteiger partial charge in [-0.05, 0) is 13.1 Å². The van der Waals surface area contributed by atoms with Crippen molar-refractivity contribution < 1.29 is 13.9 Å². The number of anilines is 3. The number of fused-ring (bicyclic) bond motifs is 1. The minimum Gasteiger partial charge on any atom is -0.478 e. The Balaban J connectivity index is 1.46. The summed E-state index contributed by atoms with van der Waals surface area (Å²) in [5.74, 6) is 0.819. The molecule has 3 aromatic heterocycles. The van der Waals surface area contributed by atoms with Crippen LogP contribution in [0, 0.1) is 0 Å². The molecule has 5 rings (SSSR count). The normalized spacial score (nSPS) is 21.0. The zero-order valence-corrected chi connectivity index (χ0v) is 19.3. The predicted molar refractivity (Wildman–Crippen MR) is 124 cm³/mol. The number of likely N-dealkylation sites (N-methyl/N-ethyl adjacent to an activating group) is 1. The Labute approximate surface area is 195 Å². The van der Waals surface area contributed by atoms with Gasteiger partial charge in [0.15, 0.2) is 17.0 Å². The van der Waals surface area contributed by atoms with Crippen LogP contribution in [0.15, 0.2) is 25.2 Å². The van der Waals surface area contributed by atoms with Crippen LogP contribution in [-0.2, 0) is 11.8 Å². The van der Waals surface area contributed by atoms with Crippen LogP contribution in [0.5, 0.6) is 5.88 Å². The predicted octanol–water partition coefficient (Wildman–Crippen LogP) is 0.627. The zero-order valence-electron chi connectivity index (χ0n) is 19.3. The molecule has 180 valence electrons. The van der Waals surface area contributed by atoms with E-state index in [0.29, 0.717) is 34.5 Å². The molecule has 3 aromatic rings. The van der Waals surface area contributed by atoms with Crippen molar-refractivity contribution in [2.45, 2.75) is 18.3 Å². The largest absolute Gasteiger partial charge is 0.478 e. The molecule has 1 amide bonds. The maximum absolute atomic E-state index is 14.6. The molecular weight excluding hydrogens is 443 g/mol. The van der Waals surface area contributed by atoms with Gasteiger partial charge in [0, 0.05) is 26.7 Å². The highest BCUT2D eigenvalue weighted by molar-refractivity contribution is 5.88. The number of aromatic nitrogens is 6. The standard InChI is InChI=1S/C21H27FN10O2/c1-5-16(33)24-14-9-31(8-13(14)22)21-26-18(17-19(27-21)30(3)11-23-17)25-15-10-32(28-20(15)34-4)12-6-29(2)7-12/h5,10-14H,1,6-9H2,2-4H3,(H,24,33)(H,25,26,27)/t13-,14+/m0/s1. The number of halogens is 1. The van der Waals surface area contributed by atoms with Crippen molar-refractivity contribution in [2.24, 2.45) is 7.05 Å². The van der Waals surface area contributed by atoms with Crippen molar-refractivity contribution in [2.75, 3.05) is 50.6 Å². The van der Waals surface area contributed by atoms with Gasteiger partial charge < -0.3 is 29.7 Å². The first-order chi connectivity index (χ1) is 16.4. The minimum atomic E-state index is -1.26. The molecule has 2 atom stereocenters. The second-order valence-electron chi connectivity index (χ2n) is 8.67. The van der Waals surface area contributed by atoms with Crippen molar-refractivity contribution in [3.63, 3.8) is 0 Å². The summed E-state index contributed by atoms with van der Waals surface area (Å²) in [6, 6.07) is -0.397. The van der Waals surface area contributed by atoms with Crippen LogP contribution in [0.3, 0.4) is 0 Å². The van der Waals surface area contributed by atoms with Crippen molar-refractivity contribution >= 4 is 34.5 Å². The maximum atomic E-state index is 14.6. The number of rotatable bonds is 7. The Hall–Kier alpha value is -3.74. The summed E-state index contributed by atoms with van der Waals surface area (Å²) >= 11 is 0. The Bertz CT molecular complexity index is 1230. The minimum absolute atomic E-state index is 0.0569. The van der Waals surface area contributed by atoms with Crippen LogP contribution in [0.4, 0.5) is 21.8 Å². The first-order valence-electron chi connectivity index (χ1n) is 11.0. The van der Waals surface area contributed by atoms with Crippen LogP contribution in [0.1, 0.15) is 6.04 Å². The summed E-state index contributed by atoms with van der Waals surface area (Å²) in [4.78, 5) is 29.3. The second-order valence-corrected chi connectivity index (χ2v) is 8.67. The molecular formula is C21H27FN10O2. The van der Waals surface area contributed by atoms with Gasteiger partial charge in [0.25, 0.3) is 5.88 Å². The molecule has 0 spiro atoms. The third-order valence-corrected chi connectivity index (χ3v) is 6.16. The van der Waals surface area contributed by atoms with Gasteiger partial charge >= 0.3 is 0 Å². The van der Waals surface area contributed by atoms with E-state index in [2.05, 4.69) is 49.2 Å². The number of nitrogens with zero attached hydrogens (tertiary/aromatic N) is 8. The van der Waals surface area contributed by atoms with E-state index in [4.69, 9.17) is 4.74 Å². The summed E-state index contributed by atoms with van der Waals surface area (Å²) in [7, 11) is 5.46. The average Bonchev–Trinajstić information content (AvgIpc) is 3.49. The SMILES string of the molecule is C=CC(=O)N[C@@H]1CN(c2nc(Nc3cn(C4CN(C)C4)nc3OC)c3ncn(C)c3n2)C[C@@H]1F. The van der Waals surface area contributed by atoms with E-state index in [1.807, 2.05) is 17.9 Å². The van der Waals surface area contributed by atoms with Gasteiger partial charge in [0.2, 0.25) is 11.9 Å². The van der Waals surface area contributed by atoms with E-state index in [-0.39, 0.29) is 19.1 Å². The monoisotopic (exact) mass is 470 g/mol. The number of ether oxygens (including phenoxy) is 1. The molecule has 13 heteroatoms. The van der Waals surface area contributed by atoms with Crippen LogP contribution >= 0.6 is 0 Å². The first-order valence-corrected chi connectivity index (χ1v) is 11.0. The second kappa shape index (κ2) is 8.56. The number of hydrogen-bond acceptors (Lipinski definition) is 9. The van der Waals surface area contributed by atoms with Crippen LogP contribution < -0.4 is 20.3 Å². The lowest BCUT2D eigenvalue weighted by Gasteiger charge is -2.35. The number of amides is 1. The van der Waals surface area contributed by atoms with Crippen molar-refractivity contribution in [3.05, 3.63) is 25.2 Å². The molecule has 0 unspecified atom stereocenters. The Kier molecular flexibility index (Phi) is 5.55. The van der Waals surface area contributed by atoms with E-state index < -0.39 is 18.1 Å². The van der Waals surface area contributed by atoms with E-state index >= 15 is 0 Å². The van der Waals surface area contributed by atoms with E-state index in [9.17, 15) is 9.18 Å². The molecule has 2 saturated heterocycles. The summed E-state index contributed by atoms with van der Waals surface area (Å²) in [5.41, 5.74) is 1.81. The Morgan fingerprint density at radius 3 is 2.76 bits per heavy atom. The number of methoxy groups -OCH3 is 1. The number of likely N-dealkylation sites (tertiary alicyclic amines) is 1. The number of hydrogen-bond donors (Lipinski definition) is 2. The van der Waals surface area contributed by atoms with Gasteiger partial charge in [0.05, 0.1) is 38.3 Å². The molecule has 0 radical (unpaired) electrons. The van der Waals surface area contributed by atoms with Crippen molar-refractivity contribution in [1.82, 2.24) is 39.5 Å². The summed E-state index contributed by atoms with van der Waals surface area (Å²) in [5, 5.41) is 10.5. The van der Waals surface area contributed by atoms with Crippen molar-refractivity contribution in [3.8, 4) is 5.88 Å². The Morgan fingerprint density at radius 2 is 2.06 bits per heavy atom. The van der Waals surface area contributed by atoms with Gasteiger partial charge in [-0.2, -0.15) is 9.97 Å². The summed E-state index contributed by atoms with van der Waals surface area (Å²) in [6.45, 7) is 5.54. The highest BCUT2D eigenvalue weighted by Gasteiger charge is 2.35. The molecule has 2 aliphatic heterocycles. The van der Waals surface area contributed by atoms with E-state index in [1.165, 1.54) is 0 Å². The topological polar surface area (TPSA) is 118 Å². The smallest absolute Gasteiger partial charge is 0.256 e. The molecule has 12 nitrogen and oxygen atoms in total. The Morgan fingerprint density at radius 1 is 1.26 bits per heavy atom. The van der Waals surface area contributed by atoms with Gasteiger partial charge in [-0.25, -0.2) is 9.37 Å². The lowest BCUT2D eigenvalue weighted by atomic mass is 10.1. The van der Waals surface area contributed by atoms with Crippen LogP contribution in [0.25, 0.3) is 11.2 Å². The highest BCUT2D eigenvalue weighted by Crippen LogP contribution is 2.32. The molecule has 0 saturated carbocycles. The number of carbonyl (C=O) groups is 1. The number of imidazole rings is 1. The van der Waals surface area contributed by atoms with Crippen molar-refractivity contribution in [1.29, 1.82) is 0 Å². The van der Waals surface area contributed by atoms with Gasteiger partial charge in [0.1, 0.15) is 11.9 Å². The number of nitrogens with one attached hydrogen (secondary N) is 2.